The van der Waals surface area contributed by atoms with Crippen molar-refractivity contribution in [2.75, 3.05) is 63.8 Å². The zero-order chi connectivity index (χ0) is 29.9. The molecular weight excluding hydrogens is 540 g/mol. The lowest BCUT2D eigenvalue weighted by Crippen LogP contribution is -2.53. The number of amides is 2. The number of piperidine rings is 2. The largest absolute Gasteiger partial charge is 0.388 e. The van der Waals surface area contributed by atoms with Crippen molar-refractivity contribution in [3.8, 4) is 0 Å². The summed E-state index contributed by atoms with van der Waals surface area (Å²) in [4.78, 5) is 36.1. The van der Waals surface area contributed by atoms with Crippen molar-refractivity contribution in [2.45, 2.75) is 77.4 Å². The van der Waals surface area contributed by atoms with Crippen LogP contribution in [0.4, 0.5) is 5.69 Å². The third kappa shape index (κ3) is 5.37. The van der Waals surface area contributed by atoms with Crippen molar-refractivity contribution in [3.63, 3.8) is 0 Å². The molecule has 3 aliphatic heterocycles. The van der Waals surface area contributed by atoms with Crippen molar-refractivity contribution in [1.29, 1.82) is 0 Å². The van der Waals surface area contributed by atoms with Gasteiger partial charge < -0.3 is 24.7 Å². The fourth-order valence-corrected chi connectivity index (χ4v) is 8.39. The minimum absolute atomic E-state index is 0.0237. The van der Waals surface area contributed by atoms with E-state index in [2.05, 4.69) is 48.8 Å². The van der Waals surface area contributed by atoms with Crippen LogP contribution >= 0.6 is 0 Å². The Bertz CT molecular complexity index is 1380. The number of hydrogen-bond donors (Lipinski definition) is 1. The Balaban J connectivity index is 1.01. The highest BCUT2D eigenvalue weighted by Gasteiger charge is 2.56. The van der Waals surface area contributed by atoms with Crippen molar-refractivity contribution >= 4 is 17.5 Å². The first-order valence-electron chi connectivity index (χ1n) is 16.6. The summed E-state index contributed by atoms with van der Waals surface area (Å²) in [6, 6.07) is 6.43. The van der Waals surface area contributed by atoms with E-state index in [1.54, 1.807) is 0 Å². The lowest BCUT2D eigenvalue weighted by atomic mass is 9.90. The number of likely N-dealkylation sites (tertiary alicyclic amines) is 2. The van der Waals surface area contributed by atoms with Crippen molar-refractivity contribution in [2.24, 2.45) is 11.8 Å². The van der Waals surface area contributed by atoms with Gasteiger partial charge in [-0.15, -0.1) is 0 Å². The van der Waals surface area contributed by atoms with E-state index < -0.39 is 5.60 Å². The molecule has 3 unspecified atom stereocenters. The molecule has 3 atom stereocenters. The second-order valence-corrected chi connectivity index (χ2v) is 14.1. The van der Waals surface area contributed by atoms with Crippen LogP contribution in [0.3, 0.4) is 0 Å². The maximum Gasteiger partial charge on any atom is 0.274 e. The summed E-state index contributed by atoms with van der Waals surface area (Å²) in [5, 5.41) is 16.2. The number of aliphatic hydroxyl groups is 1. The Morgan fingerprint density at radius 2 is 1.67 bits per heavy atom. The van der Waals surface area contributed by atoms with Gasteiger partial charge in [0.15, 0.2) is 5.69 Å². The third-order valence-corrected chi connectivity index (χ3v) is 11.4. The molecule has 3 saturated heterocycles. The number of carbonyl (C=O) groups is 2. The fourth-order valence-electron chi connectivity index (χ4n) is 8.39. The lowest BCUT2D eigenvalue weighted by Gasteiger charge is -2.41. The number of anilines is 1. The van der Waals surface area contributed by atoms with Gasteiger partial charge in [0, 0.05) is 62.8 Å². The monoisotopic (exact) mass is 588 g/mol. The van der Waals surface area contributed by atoms with Gasteiger partial charge in [-0.05, 0) is 94.0 Å². The summed E-state index contributed by atoms with van der Waals surface area (Å²) in [5.41, 5.74) is 5.89. The molecule has 9 heteroatoms. The molecule has 1 aromatic heterocycles. The molecule has 1 aromatic carbocycles. The third-order valence-electron chi connectivity index (χ3n) is 11.4. The van der Waals surface area contributed by atoms with Crippen LogP contribution in [0.15, 0.2) is 18.2 Å². The van der Waals surface area contributed by atoms with E-state index in [1.165, 1.54) is 36.1 Å². The summed E-state index contributed by atoms with van der Waals surface area (Å²) in [5.74, 6) is 1.59. The van der Waals surface area contributed by atoms with Gasteiger partial charge in [-0.2, -0.15) is 5.10 Å². The predicted octanol–water partition coefficient (Wildman–Crippen LogP) is 3.21. The Labute approximate surface area is 255 Å². The maximum absolute atomic E-state index is 13.9. The summed E-state index contributed by atoms with van der Waals surface area (Å²) in [7, 11) is 0. The van der Waals surface area contributed by atoms with Crippen LogP contribution in [0.25, 0.3) is 0 Å². The molecule has 1 N–H and O–H groups in total. The van der Waals surface area contributed by atoms with E-state index in [0.29, 0.717) is 69.0 Å². The van der Waals surface area contributed by atoms with Crippen molar-refractivity contribution < 1.29 is 14.7 Å². The van der Waals surface area contributed by atoms with Gasteiger partial charge in [-0.25, -0.2) is 0 Å². The van der Waals surface area contributed by atoms with Crippen LogP contribution in [0, 0.1) is 25.7 Å². The number of hydrogen-bond acceptors (Lipinski definition) is 6. The van der Waals surface area contributed by atoms with Gasteiger partial charge in [0.25, 0.3) is 5.91 Å². The molecule has 2 aromatic rings. The molecule has 4 fully saturated rings. The first-order valence-corrected chi connectivity index (χ1v) is 16.6. The van der Waals surface area contributed by atoms with Crippen molar-refractivity contribution in [1.82, 2.24) is 24.5 Å². The Morgan fingerprint density at radius 3 is 2.40 bits per heavy atom. The average Bonchev–Trinajstić information content (AvgIpc) is 3.30. The highest BCUT2D eigenvalue weighted by atomic mass is 16.3. The molecule has 0 radical (unpaired) electrons. The van der Waals surface area contributed by atoms with Gasteiger partial charge in [-0.1, -0.05) is 25.5 Å². The second kappa shape index (κ2) is 11.2. The number of aryl methyl sites for hydroxylation is 1. The number of rotatable bonds is 6. The van der Waals surface area contributed by atoms with Gasteiger partial charge >= 0.3 is 0 Å². The van der Waals surface area contributed by atoms with E-state index in [0.717, 1.165) is 43.9 Å². The zero-order valence-corrected chi connectivity index (χ0v) is 26.2. The Hall–Kier alpha value is -2.91. The van der Waals surface area contributed by atoms with Gasteiger partial charge in [0.1, 0.15) is 6.54 Å². The number of β-amino-alcohol motifs (C(OH)–C–C–N with tert-alkyl or cyclic N) is 1. The summed E-state index contributed by atoms with van der Waals surface area (Å²) >= 11 is 0. The normalized spacial score (nSPS) is 26.8. The van der Waals surface area contributed by atoms with Crippen LogP contribution in [0.1, 0.15) is 77.8 Å². The van der Waals surface area contributed by atoms with E-state index in [4.69, 9.17) is 5.10 Å². The van der Waals surface area contributed by atoms with Crippen LogP contribution in [-0.2, 0) is 17.8 Å². The molecule has 2 amide bonds. The molecule has 7 rings (SSSR count). The predicted molar refractivity (Wildman–Crippen MR) is 166 cm³/mol. The fraction of sp³-hybridized carbons (Fsp3) is 0.676. The van der Waals surface area contributed by atoms with E-state index in [1.807, 2.05) is 14.5 Å². The molecular formula is C34H48N6O3. The highest BCUT2D eigenvalue weighted by Crippen LogP contribution is 2.62. The topological polar surface area (TPSA) is 85.2 Å². The average molecular weight is 589 g/mol. The van der Waals surface area contributed by atoms with E-state index >= 15 is 0 Å². The van der Waals surface area contributed by atoms with E-state index in [-0.39, 0.29) is 18.4 Å². The van der Waals surface area contributed by atoms with Crippen LogP contribution in [-0.4, -0.2) is 106 Å². The number of piperazine rings is 1. The van der Waals surface area contributed by atoms with Gasteiger partial charge in [0.05, 0.1) is 5.60 Å². The first kappa shape index (κ1) is 28.8. The zero-order valence-electron chi connectivity index (χ0n) is 26.2. The lowest BCUT2D eigenvalue weighted by molar-refractivity contribution is -0.132. The number of benzene rings is 1. The van der Waals surface area contributed by atoms with Gasteiger partial charge in [0.2, 0.25) is 5.91 Å². The quantitative estimate of drug-likeness (QED) is 0.558. The number of fused-ring (bicyclic) bond motifs is 3. The van der Waals surface area contributed by atoms with E-state index in [9.17, 15) is 14.7 Å². The molecule has 2 aliphatic carbocycles. The molecule has 9 nitrogen and oxygen atoms in total. The second-order valence-electron chi connectivity index (χ2n) is 14.1. The van der Waals surface area contributed by atoms with Crippen molar-refractivity contribution in [3.05, 3.63) is 46.3 Å². The SMILES string of the molecule is Cc1cccc(N2CCN(C(=O)Cn3nc(C(=O)N4CCC(O)(CN5CCCCC5)CC4)c4c3CC3C(C)C43)CC2)c1C. The molecule has 0 bridgehead atoms. The summed E-state index contributed by atoms with van der Waals surface area (Å²) in [6.07, 6.45) is 5.82. The molecule has 43 heavy (non-hydrogen) atoms. The molecule has 0 spiro atoms. The molecule has 4 heterocycles. The number of carbonyl (C=O) groups excluding carboxylic acids is 2. The molecule has 5 aliphatic rings. The minimum Gasteiger partial charge on any atom is -0.388 e. The van der Waals surface area contributed by atoms with Gasteiger partial charge in [-0.3, -0.25) is 14.3 Å². The maximum atomic E-state index is 13.9. The minimum atomic E-state index is -0.722. The highest BCUT2D eigenvalue weighted by molar-refractivity contribution is 5.95. The standard InChI is InChI=1S/C34H48N6O3/c1-23-8-7-9-27(24(23)2)37-16-18-38(19-17-37)29(41)21-40-28-20-26-25(3)30(26)31(28)32(35-40)33(42)39-14-10-34(43,11-15-39)22-36-12-5-4-6-13-36/h7-9,25-26,30,43H,4-6,10-22H2,1-3H3. The van der Waals surface area contributed by atoms with Crippen LogP contribution in [0.5, 0.6) is 0 Å². The smallest absolute Gasteiger partial charge is 0.274 e. The Morgan fingerprint density at radius 1 is 0.953 bits per heavy atom. The molecule has 232 valence electrons. The molecule has 1 saturated carbocycles. The first-order chi connectivity index (χ1) is 20.7. The Kier molecular flexibility index (Phi) is 7.53. The number of aromatic nitrogens is 2. The van der Waals surface area contributed by atoms with Crippen LogP contribution in [0.2, 0.25) is 0 Å². The summed E-state index contributed by atoms with van der Waals surface area (Å²) in [6.45, 7) is 13.8. The summed E-state index contributed by atoms with van der Waals surface area (Å²) < 4.78 is 1.86. The number of nitrogens with zero attached hydrogens (tertiary/aromatic N) is 6. The van der Waals surface area contributed by atoms with Crippen LogP contribution < -0.4 is 4.90 Å².